The van der Waals surface area contributed by atoms with E-state index in [2.05, 4.69) is 29.7 Å². The lowest BCUT2D eigenvalue weighted by Gasteiger charge is -2.44. The second kappa shape index (κ2) is 15.0. The third kappa shape index (κ3) is 6.95. The standard InChI is InChI=1S/C36H47N3O6S/c1-25(2)36(35(41)37(3)29-12-8-10-14-33(29)46-36)28-11-7-9-13-30(28)45-24-27(40)23-39-19-17-38(18-20-39)16-15-26-21-31(42-4)34(44-6)32(22-26)43-5/h7-14,21-22,25,27,40H,15-20,23-24H2,1-6H3. The molecule has 9 nitrogen and oxygen atoms in total. The molecule has 2 heterocycles. The average molecular weight is 650 g/mol. The minimum Gasteiger partial charge on any atom is -0.493 e. The summed E-state index contributed by atoms with van der Waals surface area (Å²) in [6.45, 7) is 9.36. The number of benzene rings is 3. The highest BCUT2D eigenvalue weighted by Gasteiger charge is 2.51. The Bertz CT molecular complexity index is 1470. The first kappa shape index (κ1) is 33.9. The number of nitrogens with zero attached hydrogens (tertiary/aromatic N) is 3. The number of fused-ring (bicyclic) bond motifs is 1. The Hall–Kier alpha value is -3.44. The van der Waals surface area contributed by atoms with Crippen LogP contribution in [-0.2, 0) is 16.0 Å². The molecule has 3 aromatic rings. The number of aliphatic hydroxyl groups is 1. The average Bonchev–Trinajstić information content (AvgIpc) is 3.08. The molecule has 2 atom stereocenters. The molecular formula is C36H47N3O6S. The van der Waals surface area contributed by atoms with Crippen molar-refractivity contribution in [2.45, 2.75) is 36.0 Å². The normalized spacial score (nSPS) is 19.6. The van der Waals surface area contributed by atoms with Gasteiger partial charge in [0.05, 0.1) is 27.0 Å². The summed E-state index contributed by atoms with van der Waals surface area (Å²) in [6, 6.07) is 19.8. The van der Waals surface area contributed by atoms with Crippen molar-refractivity contribution in [1.29, 1.82) is 0 Å². The number of carbonyl (C=O) groups is 1. The van der Waals surface area contributed by atoms with Crippen molar-refractivity contribution in [1.82, 2.24) is 9.80 Å². The van der Waals surface area contributed by atoms with Crippen molar-refractivity contribution in [2.24, 2.45) is 5.92 Å². The van der Waals surface area contributed by atoms with Crippen LogP contribution in [0.5, 0.6) is 23.0 Å². The fourth-order valence-electron chi connectivity index (χ4n) is 6.44. The van der Waals surface area contributed by atoms with E-state index in [9.17, 15) is 9.90 Å². The van der Waals surface area contributed by atoms with Crippen LogP contribution in [0.15, 0.2) is 65.6 Å². The molecule has 2 unspecified atom stereocenters. The maximum Gasteiger partial charge on any atom is 0.248 e. The molecule has 2 aliphatic heterocycles. The van der Waals surface area contributed by atoms with Gasteiger partial charge in [-0.3, -0.25) is 9.69 Å². The summed E-state index contributed by atoms with van der Waals surface area (Å²) < 4.78 is 21.9. The lowest BCUT2D eigenvalue weighted by atomic mass is 9.85. The van der Waals surface area contributed by atoms with Gasteiger partial charge in [-0.2, -0.15) is 0 Å². The molecule has 46 heavy (non-hydrogen) atoms. The SMILES string of the molecule is COc1cc(CCN2CCN(CC(O)COc3ccccc3C3(C(C)C)Sc4ccccc4N(C)C3=O)CC2)cc(OC)c1OC. The highest BCUT2D eigenvalue weighted by atomic mass is 32.2. The van der Waals surface area contributed by atoms with E-state index in [1.54, 1.807) is 38.0 Å². The van der Waals surface area contributed by atoms with Gasteiger partial charge >= 0.3 is 0 Å². The number of β-amino-alcohol motifs (C(OH)–C–C–N with tert-alkyl or cyclic N) is 1. The molecule has 1 amide bonds. The molecule has 2 aliphatic rings. The number of piperazine rings is 1. The van der Waals surface area contributed by atoms with Gasteiger partial charge < -0.3 is 33.9 Å². The van der Waals surface area contributed by atoms with Crippen LogP contribution in [0.25, 0.3) is 0 Å². The third-order valence-corrected chi connectivity index (χ3v) is 10.8. The number of amides is 1. The van der Waals surface area contributed by atoms with E-state index in [0.717, 1.165) is 60.9 Å². The number of likely N-dealkylation sites (N-methyl/N-ethyl adjacent to an activating group) is 1. The van der Waals surface area contributed by atoms with E-state index < -0.39 is 10.9 Å². The second-order valence-corrected chi connectivity index (χ2v) is 13.5. The van der Waals surface area contributed by atoms with Crippen LogP contribution in [-0.4, -0.2) is 101 Å². The van der Waals surface area contributed by atoms with Crippen LogP contribution in [0, 0.1) is 5.92 Å². The number of para-hydroxylation sites is 2. The Labute approximate surface area is 277 Å². The predicted molar refractivity (Wildman–Crippen MR) is 183 cm³/mol. The van der Waals surface area contributed by atoms with Gasteiger partial charge in [-0.05, 0) is 48.2 Å². The van der Waals surface area contributed by atoms with E-state index in [1.807, 2.05) is 61.6 Å². The number of hydrogen-bond acceptors (Lipinski definition) is 9. The molecular weight excluding hydrogens is 602 g/mol. The number of rotatable bonds is 13. The summed E-state index contributed by atoms with van der Waals surface area (Å²) in [6.07, 6.45) is 0.207. The zero-order chi connectivity index (χ0) is 32.8. The summed E-state index contributed by atoms with van der Waals surface area (Å²) in [5, 5.41) is 11.0. The monoisotopic (exact) mass is 649 g/mol. The summed E-state index contributed by atoms with van der Waals surface area (Å²) in [5.41, 5.74) is 2.89. The minimum absolute atomic E-state index is 0.000512. The van der Waals surface area contributed by atoms with Gasteiger partial charge in [0.15, 0.2) is 11.5 Å². The molecule has 3 aromatic carbocycles. The zero-order valence-corrected chi connectivity index (χ0v) is 28.6. The Morgan fingerprint density at radius 1 is 0.870 bits per heavy atom. The Balaban J connectivity index is 1.16. The largest absolute Gasteiger partial charge is 0.493 e. The van der Waals surface area contributed by atoms with Gasteiger partial charge in [0.1, 0.15) is 23.2 Å². The van der Waals surface area contributed by atoms with Crippen LogP contribution in [0.4, 0.5) is 5.69 Å². The minimum atomic E-state index is -0.844. The van der Waals surface area contributed by atoms with Crippen LogP contribution in [0.3, 0.4) is 0 Å². The maximum atomic E-state index is 14.0. The highest BCUT2D eigenvalue weighted by molar-refractivity contribution is 8.01. The molecule has 1 fully saturated rings. The lowest BCUT2D eigenvalue weighted by molar-refractivity contribution is -0.122. The van der Waals surface area contributed by atoms with Crippen molar-refractivity contribution in [2.75, 3.05) is 79.2 Å². The number of carbonyl (C=O) groups excluding carboxylic acids is 1. The summed E-state index contributed by atoms with van der Waals surface area (Å²) in [5.74, 6) is 2.61. The number of ether oxygens (including phenoxy) is 4. The van der Waals surface area contributed by atoms with E-state index >= 15 is 0 Å². The van der Waals surface area contributed by atoms with Crippen molar-refractivity contribution in [3.05, 3.63) is 71.8 Å². The molecule has 1 saturated heterocycles. The number of anilines is 1. The highest BCUT2D eigenvalue weighted by Crippen LogP contribution is 2.56. The van der Waals surface area contributed by atoms with Crippen molar-refractivity contribution >= 4 is 23.4 Å². The smallest absolute Gasteiger partial charge is 0.248 e. The van der Waals surface area contributed by atoms with Crippen molar-refractivity contribution < 1.29 is 28.8 Å². The molecule has 0 spiro atoms. The first-order valence-electron chi connectivity index (χ1n) is 15.9. The number of hydrogen-bond donors (Lipinski definition) is 1. The fourth-order valence-corrected chi connectivity index (χ4v) is 7.98. The Morgan fingerprint density at radius 3 is 2.15 bits per heavy atom. The van der Waals surface area contributed by atoms with Gasteiger partial charge in [-0.1, -0.05) is 44.2 Å². The topological polar surface area (TPSA) is 83.9 Å². The quantitative estimate of drug-likeness (QED) is 0.277. The molecule has 5 rings (SSSR count). The van der Waals surface area contributed by atoms with Gasteiger partial charge in [-0.25, -0.2) is 0 Å². The molecule has 0 saturated carbocycles. The molecule has 0 aromatic heterocycles. The summed E-state index contributed by atoms with van der Waals surface area (Å²) in [4.78, 5) is 21.6. The fraction of sp³-hybridized carbons (Fsp3) is 0.472. The maximum absolute atomic E-state index is 14.0. The third-order valence-electron chi connectivity index (χ3n) is 9.03. The van der Waals surface area contributed by atoms with Crippen LogP contribution in [0.1, 0.15) is 25.0 Å². The van der Waals surface area contributed by atoms with Gasteiger partial charge in [0.2, 0.25) is 11.7 Å². The number of aliphatic hydroxyl groups excluding tert-OH is 1. The van der Waals surface area contributed by atoms with Gasteiger partial charge in [-0.15, -0.1) is 11.8 Å². The molecule has 0 bridgehead atoms. The van der Waals surface area contributed by atoms with E-state index in [1.165, 1.54) is 0 Å². The summed E-state index contributed by atoms with van der Waals surface area (Å²) >= 11 is 1.60. The first-order chi connectivity index (χ1) is 22.2. The molecule has 1 N–H and O–H groups in total. The van der Waals surface area contributed by atoms with Crippen LogP contribution in [0.2, 0.25) is 0 Å². The predicted octanol–water partition coefficient (Wildman–Crippen LogP) is 4.93. The van der Waals surface area contributed by atoms with Crippen molar-refractivity contribution in [3.8, 4) is 23.0 Å². The van der Waals surface area contributed by atoms with E-state index in [0.29, 0.717) is 29.5 Å². The Morgan fingerprint density at radius 2 is 1.50 bits per heavy atom. The summed E-state index contributed by atoms with van der Waals surface area (Å²) in [7, 11) is 6.73. The van der Waals surface area contributed by atoms with E-state index in [-0.39, 0.29) is 18.4 Å². The number of methoxy groups -OCH3 is 3. The van der Waals surface area contributed by atoms with Crippen LogP contribution < -0.4 is 23.8 Å². The Kier molecular flexibility index (Phi) is 11.0. The molecule has 0 aliphatic carbocycles. The lowest BCUT2D eigenvalue weighted by Crippen LogP contribution is -2.50. The molecule has 248 valence electrons. The molecule has 10 heteroatoms. The van der Waals surface area contributed by atoms with Gasteiger partial charge in [0, 0.05) is 56.8 Å². The second-order valence-electron chi connectivity index (χ2n) is 12.2. The van der Waals surface area contributed by atoms with Gasteiger partial charge in [0.25, 0.3) is 0 Å². The van der Waals surface area contributed by atoms with E-state index in [4.69, 9.17) is 18.9 Å². The van der Waals surface area contributed by atoms with Crippen molar-refractivity contribution in [3.63, 3.8) is 0 Å². The zero-order valence-electron chi connectivity index (χ0n) is 27.8. The molecule has 0 radical (unpaired) electrons. The first-order valence-corrected chi connectivity index (χ1v) is 16.7. The number of thioether (sulfide) groups is 1. The van der Waals surface area contributed by atoms with Crippen LogP contribution >= 0.6 is 11.8 Å².